The van der Waals surface area contributed by atoms with E-state index in [1.165, 1.54) is 0 Å². The molecule has 1 aliphatic rings. The molecule has 1 heterocycles. The first-order valence-electron chi connectivity index (χ1n) is 5.75. The van der Waals surface area contributed by atoms with E-state index in [1.807, 2.05) is 20.0 Å². The van der Waals surface area contributed by atoms with Gasteiger partial charge in [0, 0.05) is 12.6 Å². The van der Waals surface area contributed by atoms with Gasteiger partial charge in [0.15, 0.2) is 0 Å². The molecule has 1 aliphatic heterocycles. The van der Waals surface area contributed by atoms with E-state index in [1.54, 1.807) is 18.2 Å². The zero-order chi connectivity index (χ0) is 12.5. The normalized spacial score (nSPS) is 21.9. The Morgan fingerprint density at radius 2 is 2.18 bits per heavy atom. The molecule has 0 aliphatic carbocycles. The SMILES string of the molecule is Cc1cccc(S(=O)(=O)NC2CCN(C)C2)c1. The van der Waals surface area contributed by atoms with E-state index < -0.39 is 10.0 Å². The number of benzene rings is 1. The Labute approximate surface area is 103 Å². The van der Waals surface area contributed by atoms with Crippen LogP contribution in [0.5, 0.6) is 0 Å². The Morgan fingerprint density at radius 3 is 2.76 bits per heavy atom. The van der Waals surface area contributed by atoms with Gasteiger partial charge >= 0.3 is 0 Å². The molecule has 17 heavy (non-hydrogen) atoms. The molecule has 1 fully saturated rings. The van der Waals surface area contributed by atoms with Gasteiger partial charge in [-0.1, -0.05) is 12.1 Å². The lowest BCUT2D eigenvalue weighted by Crippen LogP contribution is -2.36. The van der Waals surface area contributed by atoms with Crippen LogP contribution in [0.1, 0.15) is 12.0 Å². The highest BCUT2D eigenvalue weighted by Gasteiger charge is 2.25. The Morgan fingerprint density at radius 1 is 1.41 bits per heavy atom. The van der Waals surface area contributed by atoms with Crippen LogP contribution in [0.3, 0.4) is 0 Å². The van der Waals surface area contributed by atoms with Crippen LogP contribution in [-0.2, 0) is 10.0 Å². The van der Waals surface area contributed by atoms with E-state index in [0.717, 1.165) is 25.1 Å². The average molecular weight is 254 g/mol. The van der Waals surface area contributed by atoms with Crippen LogP contribution in [-0.4, -0.2) is 39.5 Å². The summed E-state index contributed by atoms with van der Waals surface area (Å²) in [5, 5.41) is 0. The van der Waals surface area contributed by atoms with Gasteiger partial charge in [-0.05, 0) is 44.6 Å². The number of aryl methyl sites for hydroxylation is 1. The van der Waals surface area contributed by atoms with Gasteiger partial charge in [-0.15, -0.1) is 0 Å². The number of nitrogens with one attached hydrogen (secondary N) is 1. The van der Waals surface area contributed by atoms with E-state index in [-0.39, 0.29) is 6.04 Å². The molecule has 0 saturated carbocycles. The Hall–Kier alpha value is -0.910. The first-order valence-corrected chi connectivity index (χ1v) is 7.23. The molecule has 94 valence electrons. The van der Waals surface area contributed by atoms with Crippen molar-refractivity contribution in [2.75, 3.05) is 20.1 Å². The van der Waals surface area contributed by atoms with Crippen LogP contribution in [0.2, 0.25) is 0 Å². The molecular weight excluding hydrogens is 236 g/mol. The maximum Gasteiger partial charge on any atom is 0.240 e. The van der Waals surface area contributed by atoms with Crippen molar-refractivity contribution in [2.24, 2.45) is 0 Å². The summed E-state index contributed by atoms with van der Waals surface area (Å²) in [5.41, 5.74) is 0.955. The quantitative estimate of drug-likeness (QED) is 0.874. The molecule has 0 bridgehead atoms. The number of rotatable bonds is 3. The zero-order valence-corrected chi connectivity index (χ0v) is 11.0. The van der Waals surface area contributed by atoms with Crippen molar-refractivity contribution in [1.82, 2.24) is 9.62 Å². The molecule has 1 unspecified atom stereocenters. The third-order valence-corrected chi connectivity index (χ3v) is 4.53. The maximum absolute atomic E-state index is 12.1. The number of likely N-dealkylation sites (N-methyl/N-ethyl adjacent to an activating group) is 1. The second kappa shape index (κ2) is 4.76. The molecule has 0 amide bonds. The zero-order valence-electron chi connectivity index (χ0n) is 10.2. The van der Waals surface area contributed by atoms with Crippen molar-refractivity contribution in [2.45, 2.75) is 24.3 Å². The lowest BCUT2D eigenvalue weighted by Gasteiger charge is -2.13. The summed E-state index contributed by atoms with van der Waals surface area (Å²) in [6.07, 6.45) is 0.877. The molecule has 0 spiro atoms. The highest BCUT2D eigenvalue weighted by molar-refractivity contribution is 7.89. The van der Waals surface area contributed by atoms with E-state index in [0.29, 0.717) is 4.90 Å². The molecule has 0 radical (unpaired) electrons. The van der Waals surface area contributed by atoms with Crippen molar-refractivity contribution >= 4 is 10.0 Å². The molecule has 1 atom stereocenters. The predicted molar refractivity (Wildman–Crippen MR) is 67.4 cm³/mol. The summed E-state index contributed by atoms with van der Waals surface area (Å²) < 4.78 is 27.0. The van der Waals surface area contributed by atoms with Gasteiger partial charge in [-0.2, -0.15) is 0 Å². The van der Waals surface area contributed by atoms with Crippen LogP contribution in [0, 0.1) is 6.92 Å². The number of sulfonamides is 1. The molecule has 1 N–H and O–H groups in total. The minimum atomic E-state index is -3.37. The summed E-state index contributed by atoms with van der Waals surface area (Å²) in [6.45, 7) is 3.62. The van der Waals surface area contributed by atoms with Crippen LogP contribution in [0.25, 0.3) is 0 Å². The molecule has 0 aromatic heterocycles. The van der Waals surface area contributed by atoms with Crippen molar-refractivity contribution in [3.8, 4) is 0 Å². The fourth-order valence-corrected chi connectivity index (χ4v) is 3.47. The first kappa shape index (κ1) is 12.5. The summed E-state index contributed by atoms with van der Waals surface area (Å²) in [6, 6.07) is 7.02. The molecule has 1 aromatic carbocycles. The molecular formula is C12H18N2O2S. The lowest BCUT2D eigenvalue weighted by atomic mass is 10.2. The van der Waals surface area contributed by atoms with Gasteiger partial charge < -0.3 is 4.90 Å². The van der Waals surface area contributed by atoms with Gasteiger partial charge in [0.05, 0.1) is 4.90 Å². The van der Waals surface area contributed by atoms with E-state index in [2.05, 4.69) is 9.62 Å². The summed E-state index contributed by atoms with van der Waals surface area (Å²) >= 11 is 0. The lowest BCUT2D eigenvalue weighted by molar-refractivity contribution is 0.407. The maximum atomic E-state index is 12.1. The number of hydrogen-bond acceptors (Lipinski definition) is 3. The molecule has 1 aromatic rings. The summed E-state index contributed by atoms with van der Waals surface area (Å²) in [5.74, 6) is 0. The van der Waals surface area contributed by atoms with Crippen molar-refractivity contribution < 1.29 is 8.42 Å². The topological polar surface area (TPSA) is 49.4 Å². The number of likely N-dealkylation sites (tertiary alicyclic amines) is 1. The first-order chi connectivity index (χ1) is 7.97. The Kier molecular flexibility index (Phi) is 3.51. The van der Waals surface area contributed by atoms with Crippen LogP contribution in [0.4, 0.5) is 0 Å². The second-order valence-corrected chi connectivity index (χ2v) is 6.40. The highest BCUT2D eigenvalue weighted by Crippen LogP contribution is 2.14. The fraction of sp³-hybridized carbons (Fsp3) is 0.500. The molecule has 1 saturated heterocycles. The minimum absolute atomic E-state index is 0.0329. The minimum Gasteiger partial charge on any atom is -0.305 e. The van der Waals surface area contributed by atoms with Gasteiger partial charge in [0.25, 0.3) is 0 Å². The summed E-state index contributed by atoms with van der Waals surface area (Å²) in [4.78, 5) is 2.48. The molecule has 2 rings (SSSR count). The largest absolute Gasteiger partial charge is 0.305 e. The Balaban J connectivity index is 2.14. The van der Waals surface area contributed by atoms with Crippen LogP contribution in [0.15, 0.2) is 29.2 Å². The number of nitrogens with zero attached hydrogens (tertiary/aromatic N) is 1. The smallest absolute Gasteiger partial charge is 0.240 e. The third-order valence-electron chi connectivity index (χ3n) is 3.01. The predicted octanol–water partition coefficient (Wildman–Crippen LogP) is 0.977. The Bertz CT molecular complexity index is 499. The fourth-order valence-electron chi connectivity index (χ4n) is 2.10. The van der Waals surface area contributed by atoms with Gasteiger partial charge in [0.1, 0.15) is 0 Å². The van der Waals surface area contributed by atoms with Gasteiger partial charge in [0.2, 0.25) is 10.0 Å². The standard InChI is InChI=1S/C12H18N2O2S/c1-10-4-3-5-12(8-10)17(15,16)13-11-6-7-14(2)9-11/h3-5,8,11,13H,6-7,9H2,1-2H3. The van der Waals surface area contributed by atoms with Crippen molar-refractivity contribution in [1.29, 1.82) is 0 Å². The van der Waals surface area contributed by atoms with Gasteiger partial charge in [-0.3, -0.25) is 0 Å². The van der Waals surface area contributed by atoms with Gasteiger partial charge in [-0.25, -0.2) is 13.1 Å². The van der Waals surface area contributed by atoms with Crippen molar-refractivity contribution in [3.63, 3.8) is 0 Å². The van der Waals surface area contributed by atoms with Crippen LogP contribution < -0.4 is 4.72 Å². The van der Waals surface area contributed by atoms with E-state index >= 15 is 0 Å². The summed E-state index contributed by atoms with van der Waals surface area (Å²) in [7, 11) is -1.37. The monoisotopic (exact) mass is 254 g/mol. The molecule has 5 heteroatoms. The molecule has 4 nitrogen and oxygen atoms in total. The number of hydrogen-bond donors (Lipinski definition) is 1. The van der Waals surface area contributed by atoms with Crippen molar-refractivity contribution in [3.05, 3.63) is 29.8 Å². The highest BCUT2D eigenvalue weighted by atomic mass is 32.2. The third kappa shape index (κ3) is 3.06. The van der Waals surface area contributed by atoms with E-state index in [4.69, 9.17) is 0 Å². The van der Waals surface area contributed by atoms with Crippen LogP contribution >= 0.6 is 0 Å². The second-order valence-electron chi connectivity index (χ2n) is 4.69. The van der Waals surface area contributed by atoms with E-state index in [9.17, 15) is 8.42 Å². The average Bonchev–Trinajstić information content (AvgIpc) is 2.63.